The maximum absolute atomic E-state index is 12.7. The van der Waals surface area contributed by atoms with Crippen molar-refractivity contribution in [3.8, 4) is 5.75 Å². The van der Waals surface area contributed by atoms with Gasteiger partial charge >= 0.3 is 0 Å². The molecule has 0 aliphatic heterocycles. The molecule has 6 nitrogen and oxygen atoms in total. The molecule has 3 rings (SSSR count). The van der Waals surface area contributed by atoms with Crippen molar-refractivity contribution in [1.29, 1.82) is 0 Å². The van der Waals surface area contributed by atoms with E-state index in [4.69, 9.17) is 4.74 Å². The van der Waals surface area contributed by atoms with Crippen molar-refractivity contribution in [3.05, 3.63) is 53.5 Å². The first-order valence-corrected chi connectivity index (χ1v) is 9.96. The normalized spacial score (nSPS) is 13.6. The summed E-state index contributed by atoms with van der Waals surface area (Å²) in [5.41, 5.74) is 2.47. The number of nitrogens with one attached hydrogen (secondary N) is 2. The van der Waals surface area contributed by atoms with Gasteiger partial charge in [0.2, 0.25) is 0 Å². The Bertz CT molecular complexity index is 848. The van der Waals surface area contributed by atoms with Crippen molar-refractivity contribution < 1.29 is 9.53 Å². The molecule has 28 heavy (non-hydrogen) atoms. The molecule has 1 aromatic carbocycles. The third-order valence-corrected chi connectivity index (χ3v) is 4.64. The van der Waals surface area contributed by atoms with E-state index in [0.29, 0.717) is 35.4 Å². The smallest absolute Gasteiger partial charge is 0.274 e. The van der Waals surface area contributed by atoms with Gasteiger partial charge in [-0.15, -0.1) is 0 Å². The molecule has 0 radical (unpaired) electrons. The van der Waals surface area contributed by atoms with Gasteiger partial charge in [0.1, 0.15) is 23.1 Å². The first-order chi connectivity index (χ1) is 13.7. The minimum atomic E-state index is -0.282. The number of rotatable bonds is 8. The van der Waals surface area contributed by atoms with Crippen molar-refractivity contribution in [1.82, 2.24) is 9.97 Å². The van der Waals surface area contributed by atoms with Crippen LogP contribution >= 0.6 is 0 Å². The number of para-hydroxylation sites is 2. The van der Waals surface area contributed by atoms with Crippen LogP contribution < -0.4 is 15.4 Å². The molecule has 2 N–H and O–H groups in total. The summed E-state index contributed by atoms with van der Waals surface area (Å²) >= 11 is 0. The van der Waals surface area contributed by atoms with Crippen LogP contribution in [0.15, 0.2) is 42.0 Å². The Morgan fingerprint density at radius 1 is 1.21 bits per heavy atom. The molecule has 1 aliphatic carbocycles. The molecule has 1 aliphatic rings. The van der Waals surface area contributed by atoms with Crippen molar-refractivity contribution in [2.24, 2.45) is 0 Å². The zero-order valence-electron chi connectivity index (χ0n) is 16.6. The highest BCUT2D eigenvalue weighted by Crippen LogP contribution is 2.24. The van der Waals surface area contributed by atoms with Gasteiger partial charge in [-0.1, -0.05) is 23.8 Å². The molecule has 0 bridgehead atoms. The Morgan fingerprint density at radius 3 is 2.86 bits per heavy atom. The number of benzene rings is 1. The number of nitrogens with zero attached hydrogens (tertiary/aromatic N) is 2. The molecule has 2 aromatic rings. The lowest BCUT2D eigenvalue weighted by Crippen LogP contribution is -2.16. The van der Waals surface area contributed by atoms with E-state index in [1.54, 1.807) is 13.0 Å². The van der Waals surface area contributed by atoms with Gasteiger partial charge in [-0.2, -0.15) is 0 Å². The van der Waals surface area contributed by atoms with Gasteiger partial charge < -0.3 is 15.4 Å². The second-order valence-electron chi connectivity index (χ2n) is 6.85. The number of aromatic nitrogens is 2. The van der Waals surface area contributed by atoms with E-state index in [1.165, 1.54) is 31.3 Å². The largest absolute Gasteiger partial charge is 0.492 e. The molecule has 0 saturated heterocycles. The van der Waals surface area contributed by atoms with Gasteiger partial charge in [-0.05, 0) is 58.1 Å². The zero-order chi connectivity index (χ0) is 19.8. The van der Waals surface area contributed by atoms with Crippen LogP contribution in [-0.4, -0.2) is 29.0 Å². The molecule has 148 valence electrons. The van der Waals surface area contributed by atoms with Gasteiger partial charge in [-0.3, -0.25) is 4.79 Å². The van der Waals surface area contributed by atoms with Crippen LogP contribution in [0.2, 0.25) is 0 Å². The van der Waals surface area contributed by atoms with E-state index in [-0.39, 0.29) is 5.91 Å². The Balaban J connectivity index is 1.65. The molecule has 1 heterocycles. The fraction of sp³-hybridized carbons (Fsp3) is 0.409. The lowest BCUT2D eigenvalue weighted by atomic mass is 9.97. The summed E-state index contributed by atoms with van der Waals surface area (Å²) in [5, 5.41) is 6.21. The summed E-state index contributed by atoms with van der Waals surface area (Å²) < 4.78 is 5.57. The molecule has 0 spiro atoms. The number of allylic oxidation sites excluding steroid dienone is 1. The number of ether oxygens (including phenoxy) is 1. The minimum absolute atomic E-state index is 0.282. The zero-order valence-corrected chi connectivity index (χ0v) is 16.6. The number of hydrogen-bond donors (Lipinski definition) is 2. The Kier molecular flexibility index (Phi) is 7.00. The Morgan fingerprint density at radius 2 is 2.07 bits per heavy atom. The van der Waals surface area contributed by atoms with Crippen LogP contribution in [0.4, 0.5) is 11.5 Å². The molecule has 1 amide bonds. The summed E-state index contributed by atoms with van der Waals surface area (Å²) in [7, 11) is 0. The fourth-order valence-corrected chi connectivity index (χ4v) is 3.30. The molecular formula is C22H28N4O2. The van der Waals surface area contributed by atoms with E-state index in [2.05, 4.69) is 26.7 Å². The molecule has 0 unspecified atom stereocenters. The van der Waals surface area contributed by atoms with Crippen LogP contribution in [-0.2, 0) is 0 Å². The van der Waals surface area contributed by atoms with Crippen molar-refractivity contribution in [3.63, 3.8) is 0 Å². The van der Waals surface area contributed by atoms with E-state index < -0.39 is 0 Å². The lowest BCUT2D eigenvalue weighted by Gasteiger charge is -2.14. The van der Waals surface area contributed by atoms with Crippen molar-refractivity contribution >= 4 is 17.4 Å². The van der Waals surface area contributed by atoms with E-state index >= 15 is 0 Å². The van der Waals surface area contributed by atoms with Crippen LogP contribution in [0.5, 0.6) is 5.75 Å². The SMILES string of the molecule is CCOc1ccccc1NC(=O)c1cc(NCCC2=CCCCC2)nc(C)n1. The number of hydrogen-bond acceptors (Lipinski definition) is 5. The average molecular weight is 380 g/mol. The van der Waals surface area contributed by atoms with Crippen LogP contribution in [0.1, 0.15) is 55.3 Å². The number of carbonyl (C=O) groups is 1. The average Bonchev–Trinajstić information content (AvgIpc) is 2.70. The maximum atomic E-state index is 12.7. The van der Waals surface area contributed by atoms with Gasteiger partial charge in [0.15, 0.2) is 0 Å². The minimum Gasteiger partial charge on any atom is -0.492 e. The van der Waals surface area contributed by atoms with Crippen molar-refractivity contribution in [2.75, 3.05) is 23.8 Å². The molecule has 0 saturated carbocycles. The predicted octanol–water partition coefficient (Wildman–Crippen LogP) is 4.74. The van der Waals surface area contributed by atoms with Crippen molar-refractivity contribution in [2.45, 2.75) is 46.0 Å². The maximum Gasteiger partial charge on any atom is 0.274 e. The number of aryl methyl sites for hydroxylation is 1. The first kappa shape index (κ1) is 19.9. The summed E-state index contributed by atoms with van der Waals surface area (Å²) in [6.07, 6.45) is 8.32. The van der Waals surface area contributed by atoms with Gasteiger partial charge in [0.05, 0.1) is 12.3 Å². The summed E-state index contributed by atoms with van der Waals surface area (Å²) in [5.74, 6) is 1.59. The van der Waals surface area contributed by atoms with Crippen LogP contribution in [0, 0.1) is 6.92 Å². The van der Waals surface area contributed by atoms with Gasteiger partial charge in [0, 0.05) is 12.6 Å². The van der Waals surface area contributed by atoms with E-state index in [9.17, 15) is 4.79 Å². The highest BCUT2D eigenvalue weighted by molar-refractivity contribution is 6.04. The monoisotopic (exact) mass is 380 g/mol. The van der Waals surface area contributed by atoms with Gasteiger partial charge in [-0.25, -0.2) is 9.97 Å². The number of carbonyl (C=O) groups excluding carboxylic acids is 1. The standard InChI is InChI=1S/C22H28N4O2/c1-3-28-20-12-8-7-11-18(20)26-22(27)19-15-21(25-16(2)24-19)23-14-13-17-9-5-4-6-10-17/h7-9,11-12,15H,3-6,10,13-14H2,1-2H3,(H,26,27)(H,23,24,25). The second-order valence-corrected chi connectivity index (χ2v) is 6.85. The molecule has 0 fully saturated rings. The highest BCUT2D eigenvalue weighted by atomic mass is 16.5. The Labute approximate surface area is 166 Å². The van der Waals surface area contributed by atoms with E-state index in [1.807, 2.05) is 31.2 Å². The van der Waals surface area contributed by atoms with Crippen LogP contribution in [0.25, 0.3) is 0 Å². The predicted molar refractivity (Wildman–Crippen MR) is 112 cm³/mol. The highest BCUT2D eigenvalue weighted by Gasteiger charge is 2.13. The quantitative estimate of drug-likeness (QED) is 0.647. The third kappa shape index (κ3) is 5.55. The number of amides is 1. The Hall–Kier alpha value is -2.89. The fourth-order valence-electron chi connectivity index (χ4n) is 3.30. The molecule has 1 aromatic heterocycles. The van der Waals surface area contributed by atoms with Crippen LogP contribution in [0.3, 0.4) is 0 Å². The summed E-state index contributed by atoms with van der Waals surface area (Å²) in [6.45, 7) is 5.04. The summed E-state index contributed by atoms with van der Waals surface area (Å²) in [6, 6.07) is 9.07. The number of anilines is 2. The van der Waals surface area contributed by atoms with Gasteiger partial charge in [0.25, 0.3) is 5.91 Å². The summed E-state index contributed by atoms with van der Waals surface area (Å²) in [4.78, 5) is 21.4. The molecular weight excluding hydrogens is 352 g/mol. The van der Waals surface area contributed by atoms with E-state index in [0.717, 1.165) is 13.0 Å². The topological polar surface area (TPSA) is 76.1 Å². The lowest BCUT2D eigenvalue weighted by molar-refractivity contribution is 0.102. The first-order valence-electron chi connectivity index (χ1n) is 9.96. The molecule has 0 atom stereocenters. The second kappa shape index (κ2) is 9.88. The molecule has 6 heteroatoms. The third-order valence-electron chi connectivity index (χ3n) is 4.64.